The van der Waals surface area contributed by atoms with Gasteiger partial charge in [-0.3, -0.25) is 14.4 Å². The summed E-state index contributed by atoms with van der Waals surface area (Å²) in [7, 11) is 0. The van der Waals surface area contributed by atoms with E-state index in [-0.39, 0.29) is 31.1 Å². The highest BCUT2D eigenvalue weighted by Gasteiger charge is 2.19. The van der Waals surface area contributed by atoms with Crippen molar-refractivity contribution in [2.45, 2.75) is 271 Å². The normalized spacial score (nSPS) is 12.8. The Labute approximate surface area is 426 Å². The molecule has 394 valence electrons. The van der Waals surface area contributed by atoms with Crippen molar-refractivity contribution in [2.75, 3.05) is 13.2 Å². The molecule has 0 aliphatic heterocycles. The van der Waals surface area contributed by atoms with Crippen LogP contribution in [0.15, 0.2) is 97.2 Å². The van der Waals surface area contributed by atoms with E-state index in [1.807, 2.05) is 0 Å². The van der Waals surface area contributed by atoms with Gasteiger partial charge < -0.3 is 14.2 Å². The quantitative estimate of drug-likeness (QED) is 0.0262. The van der Waals surface area contributed by atoms with Gasteiger partial charge in [-0.2, -0.15) is 0 Å². The van der Waals surface area contributed by atoms with E-state index >= 15 is 0 Å². The molecule has 0 fully saturated rings. The van der Waals surface area contributed by atoms with Crippen LogP contribution in [0.1, 0.15) is 265 Å². The van der Waals surface area contributed by atoms with Gasteiger partial charge >= 0.3 is 17.9 Å². The molecule has 0 aromatic heterocycles. The van der Waals surface area contributed by atoms with Gasteiger partial charge in [-0.15, -0.1) is 0 Å². The second-order valence-corrected chi connectivity index (χ2v) is 18.8. The van der Waals surface area contributed by atoms with Crippen molar-refractivity contribution >= 4 is 17.9 Å². The molecule has 0 saturated heterocycles. The van der Waals surface area contributed by atoms with Gasteiger partial charge in [0.2, 0.25) is 0 Å². The molecule has 1 unspecified atom stereocenters. The molecule has 0 saturated carbocycles. The summed E-state index contributed by atoms with van der Waals surface area (Å²) in [5.41, 5.74) is 0. The summed E-state index contributed by atoms with van der Waals surface area (Å²) in [6.07, 6.45) is 75.3. The van der Waals surface area contributed by atoms with Gasteiger partial charge in [0.1, 0.15) is 13.2 Å². The molecule has 0 aliphatic carbocycles. The molecule has 0 aliphatic rings. The molecule has 6 heteroatoms. The van der Waals surface area contributed by atoms with Gasteiger partial charge in [-0.05, 0) is 116 Å². The SMILES string of the molecule is CC/C=C\C/C=C\C/C=C\CCCCCCCCCC(=O)OC(COC(=O)CCCCCCC/C=C\C/C=C\C/C=C\CC)COC(=O)CCCCCCCCCCC/C=C\C/C=C\CCCCC. The summed E-state index contributed by atoms with van der Waals surface area (Å²) in [6, 6.07) is 0. The molecule has 6 nitrogen and oxygen atoms in total. The number of ether oxygens (including phenoxy) is 3. The van der Waals surface area contributed by atoms with Crippen LogP contribution in [-0.4, -0.2) is 37.2 Å². The second kappa shape index (κ2) is 56.9. The maximum atomic E-state index is 12.9. The first-order valence-electron chi connectivity index (χ1n) is 28.7. The third-order valence-corrected chi connectivity index (χ3v) is 12.1. The third kappa shape index (κ3) is 55.1. The van der Waals surface area contributed by atoms with Crippen LogP contribution in [0, 0.1) is 0 Å². The number of rotatable bonds is 51. The largest absolute Gasteiger partial charge is 0.462 e. The molecule has 0 aromatic rings. The minimum absolute atomic E-state index is 0.0899. The van der Waals surface area contributed by atoms with Crippen LogP contribution in [0.5, 0.6) is 0 Å². The lowest BCUT2D eigenvalue weighted by atomic mass is 10.1. The number of hydrogen-bond acceptors (Lipinski definition) is 6. The Hall–Kier alpha value is -3.67. The van der Waals surface area contributed by atoms with E-state index in [0.717, 1.165) is 128 Å². The van der Waals surface area contributed by atoms with Gasteiger partial charge in [0.15, 0.2) is 6.10 Å². The predicted molar refractivity (Wildman–Crippen MR) is 297 cm³/mol. The van der Waals surface area contributed by atoms with Crippen LogP contribution >= 0.6 is 0 Å². The van der Waals surface area contributed by atoms with Crippen LogP contribution in [0.4, 0.5) is 0 Å². The summed E-state index contributed by atoms with van der Waals surface area (Å²) >= 11 is 0. The van der Waals surface area contributed by atoms with Crippen molar-refractivity contribution in [1.82, 2.24) is 0 Å². The average Bonchev–Trinajstić information content (AvgIpc) is 3.35. The monoisotopic (exact) mass is 959 g/mol. The van der Waals surface area contributed by atoms with E-state index in [1.54, 1.807) is 0 Å². The van der Waals surface area contributed by atoms with Crippen LogP contribution in [0.25, 0.3) is 0 Å². The Kier molecular flexibility index (Phi) is 53.9. The summed E-state index contributed by atoms with van der Waals surface area (Å²) in [5.74, 6) is -0.918. The molecular formula is C63H106O6. The standard InChI is InChI=1S/C63H106O6/c1-4-7-10-13-16-19-22-25-28-30-31-33-35-38-41-44-47-50-53-56-62(65)68-59-60(58-67-61(64)55-52-49-46-43-40-37-34-27-24-21-18-15-12-9-6-3)69-63(66)57-54-51-48-45-42-39-36-32-29-26-23-20-17-14-11-8-5-2/h8-9,11-12,16-21,25-29,34,60H,4-7,10,13-15,22-24,30-33,35-59H2,1-3H3/b11-8-,12-9-,19-16-,20-17-,21-18-,28-25-,29-26-,34-27-. The fraction of sp³-hybridized carbons (Fsp3) is 0.698. The number of esters is 3. The molecule has 0 radical (unpaired) electrons. The first-order valence-corrected chi connectivity index (χ1v) is 28.7. The van der Waals surface area contributed by atoms with Crippen molar-refractivity contribution in [3.05, 3.63) is 97.2 Å². The minimum atomic E-state index is -0.793. The molecule has 0 bridgehead atoms. The highest BCUT2D eigenvalue weighted by atomic mass is 16.6. The van der Waals surface area contributed by atoms with Crippen LogP contribution in [0.3, 0.4) is 0 Å². The lowest BCUT2D eigenvalue weighted by Crippen LogP contribution is -2.30. The fourth-order valence-electron chi connectivity index (χ4n) is 7.80. The number of carbonyl (C=O) groups excluding carboxylic acids is 3. The molecule has 0 amide bonds. The summed E-state index contributed by atoms with van der Waals surface area (Å²) < 4.78 is 16.9. The second-order valence-electron chi connectivity index (χ2n) is 18.8. The van der Waals surface area contributed by atoms with Crippen molar-refractivity contribution in [1.29, 1.82) is 0 Å². The zero-order chi connectivity index (χ0) is 50.0. The van der Waals surface area contributed by atoms with Crippen molar-refractivity contribution in [3.63, 3.8) is 0 Å². The molecule has 1 atom stereocenters. The smallest absolute Gasteiger partial charge is 0.306 e. The predicted octanol–water partition coefficient (Wildman–Crippen LogP) is 19.3. The van der Waals surface area contributed by atoms with Gasteiger partial charge in [0.05, 0.1) is 0 Å². The Balaban J connectivity index is 4.42. The van der Waals surface area contributed by atoms with Crippen LogP contribution in [-0.2, 0) is 28.6 Å². The Morgan fingerprint density at radius 1 is 0.304 bits per heavy atom. The topological polar surface area (TPSA) is 78.9 Å². The third-order valence-electron chi connectivity index (χ3n) is 12.1. The maximum Gasteiger partial charge on any atom is 0.306 e. The molecule has 69 heavy (non-hydrogen) atoms. The molecule has 0 rings (SSSR count). The molecule has 0 aromatic carbocycles. The lowest BCUT2D eigenvalue weighted by molar-refractivity contribution is -0.167. The van der Waals surface area contributed by atoms with E-state index in [2.05, 4.69) is 118 Å². The minimum Gasteiger partial charge on any atom is -0.462 e. The first kappa shape index (κ1) is 65.3. The zero-order valence-electron chi connectivity index (χ0n) is 45.0. The van der Waals surface area contributed by atoms with E-state index in [9.17, 15) is 14.4 Å². The van der Waals surface area contributed by atoms with Crippen molar-refractivity contribution < 1.29 is 28.6 Å². The van der Waals surface area contributed by atoms with Crippen molar-refractivity contribution in [3.8, 4) is 0 Å². The van der Waals surface area contributed by atoms with E-state index in [0.29, 0.717) is 19.3 Å². The lowest BCUT2D eigenvalue weighted by Gasteiger charge is -2.18. The summed E-state index contributed by atoms with van der Waals surface area (Å²) in [6.45, 7) is 6.38. The number of allylic oxidation sites excluding steroid dienone is 16. The summed E-state index contributed by atoms with van der Waals surface area (Å²) in [4.78, 5) is 38.2. The van der Waals surface area contributed by atoms with Gasteiger partial charge in [-0.25, -0.2) is 0 Å². The van der Waals surface area contributed by atoms with Crippen LogP contribution in [0.2, 0.25) is 0 Å². The van der Waals surface area contributed by atoms with Gasteiger partial charge in [-0.1, -0.05) is 227 Å². The molecule has 0 N–H and O–H groups in total. The zero-order valence-corrected chi connectivity index (χ0v) is 45.0. The number of unbranched alkanes of at least 4 members (excludes halogenated alkanes) is 24. The Morgan fingerprint density at radius 2 is 0.565 bits per heavy atom. The van der Waals surface area contributed by atoms with E-state index in [4.69, 9.17) is 14.2 Å². The molecule has 0 spiro atoms. The molecular weight excluding hydrogens is 853 g/mol. The maximum absolute atomic E-state index is 12.9. The number of carbonyl (C=O) groups is 3. The van der Waals surface area contributed by atoms with E-state index in [1.165, 1.54) is 96.3 Å². The highest BCUT2D eigenvalue weighted by molar-refractivity contribution is 5.71. The first-order chi connectivity index (χ1) is 34.0. The Bertz CT molecular complexity index is 1380. The van der Waals surface area contributed by atoms with Crippen molar-refractivity contribution in [2.24, 2.45) is 0 Å². The fourth-order valence-corrected chi connectivity index (χ4v) is 7.80. The highest BCUT2D eigenvalue weighted by Crippen LogP contribution is 2.15. The van der Waals surface area contributed by atoms with Gasteiger partial charge in [0, 0.05) is 19.3 Å². The number of hydrogen-bond donors (Lipinski definition) is 0. The van der Waals surface area contributed by atoms with E-state index < -0.39 is 6.10 Å². The van der Waals surface area contributed by atoms with Crippen LogP contribution < -0.4 is 0 Å². The molecule has 0 heterocycles. The average molecular weight is 960 g/mol. The summed E-state index contributed by atoms with van der Waals surface area (Å²) in [5, 5.41) is 0. The van der Waals surface area contributed by atoms with Gasteiger partial charge in [0.25, 0.3) is 0 Å². The Morgan fingerprint density at radius 3 is 0.884 bits per heavy atom.